The van der Waals surface area contributed by atoms with Gasteiger partial charge in [0.15, 0.2) is 11.5 Å². The van der Waals surface area contributed by atoms with Crippen molar-refractivity contribution < 1.29 is 19.0 Å². The van der Waals surface area contributed by atoms with Crippen molar-refractivity contribution in [2.24, 2.45) is 0 Å². The molecule has 0 aliphatic rings. The maximum atomic E-state index is 12.8. The van der Waals surface area contributed by atoms with Gasteiger partial charge in [-0.2, -0.15) is 5.26 Å². The molecular weight excluding hydrogens is 378 g/mol. The van der Waals surface area contributed by atoms with Gasteiger partial charge in [-0.1, -0.05) is 48.5 Å². The fourth-order valence-corrected chi connectivity index (χ4v) is 2.87. The summed E-state index contributed by atoms with van der Waals surface area (Å²) in [6.45, 7) is 0.373. The fraction of sp³-hybridized carbons (Fsp3) is 0.120. The zero-order valence-corrected chi connectivity index (χ0v) is 16.8. The van der Waals surface area contributed by atoms with Crippen LogP contribution in [0.25, 0.3) is 6.08 Å². The smallest absolute Gasteiger partial charge is 0.203 e. The van der Waals surface area contributed by atoms with Gasteiger partial charge in [-0.3, -0.25) is 4.79 Å². The van der Waals surface area contributed by atoms with E-state index in [1.54, 1.807) is 49.6 Å². The maximum absolute atomic E-state index is 12.8. The predicted molar refractivity (Wildman–Crippen MR) is 115 cm³/mol. The van der Waals surface area contributed by atoms with Crippen LogP contribution >= 0.6 is 0 Å². The van der Waals surface area contributed by atoms with E-state index in [0.29, 0.717) is 35.0 Å². The quantitative estimate of drug-likeness (QED) is 0.300. The summed E-state index contributed by atoms with van der Waals surface area (Å²) in [6, 6.07) is 23.7. The second kappa shape index (κ2) is 9.94. The number of allylic oxidation sites excluding steroid dienone is 1. The first-order chi connectivity index (χ1) is 14.6. The highest BCUT2D eigenvalue weighted by atomic mass is 16.5. The zero-order valence-electron chi connectivity index (χ0n) is 16.8. The minimum atomic E-state index is -0.376. The number of carbonyl (C=O) groups excluding carboxylic acids is 1. The number of nitriles is 1. The molecule has 0 radical (unpaired) electrons. The lowest BCUT2D eigenvalue weighted by Gasteiger charge is -2.12. The molecule has 0 atom stereocenters. The lowest BCUT2D eigenvalue weighted by Crippen LogP contribution is -2.02. The summed E-state index contributed by atoms with van der Waals surface area (Å²) in [4.78, 5) is 12.8. The topological polar surface area (TPSA) is 68.6 Å². The molecule has 30 heavy (non-hydrogen) atoms. The van der Waals surface area contributed by atoms with Crippen LogP contribution in [0.15, 0.2) is 78.4 Å². The Morgan fingerprint density at radius 1 is 0.933 bits per heavy atom. The van der Waals surface area contributed by atoms with Gasteiger partial charge in [0.05, 0.1) is 14.2 Å². The normalized spacial score (nSPS) is 10.8. The standard InChI is InChI=1S/C25H21NO4/c1-28-22-10-6-9-20(15-22)25(27)21(16-26)13-19-11-12-23(29-2)24(14-19)30-17-18-7-4-3-5-8-18/h3-15H,17H2,1-2H3. The van der Waals surface area contributed by atoms with E-state index in [1.807, 2.05) is 36.4 Å². The number of benzene rings is 3. The van der Waals surface area contributed by atoms with E-state index in [0.717, 1.165) is 5.56 Å². The van der Waals surface area contributed by atoms with Crippen LogP contribution in [0.3, 0.4) is 0 Å². The third-order valence-corrected chi connectivity index (χ3v) is 4.43. The van der Waals surface area contributed by atoms with E-state index >= 15 is 0 Å². The molecule has 0 fully saturated rings. The largest absolute Gasteiger partial charge is 0.497 e. The van der Waals surface area contributed by atoms with Crippen molar-refractivity contribution in [3.05, 3.63) is 95.1 Å². The van der Waals surface area contributed by atoms with Crippen molar-refractivity contribution in [3.8, 4) is 23.3 Å². The average Bonchev–Trinajstić information content (AvgIpc) is 2.81. The summed E-state index contributed by atoms with van der Waals surface area (Å²) in [7, 11) is 3.09. The molecule has 0 amide bonds. The number of nitrogens with zero attached hydrogens (tertiary/aromatic N) is 1. The first-order valence-corrected chi connectivity index (χ1v) is 9.30. The van der Waals surface area contributed by atoms with Crippen LogP contribution < -0.4 is 14.2 Å². The molecule has 0 N–H and O–H groups in total. The highest BCUT2D eigenvalue weighted by Gasteiger charge is 2.14. The second-order valence-corrected chi connectivity index (χ2v) is 6.42. The molecular formula is C25H21NO4. The first kappa shape index (κ1) is 20.7. The Bertz CT molecular complexity index is 1100. The van der Waals surface area contributed by atoms with Crippen molar-refractivity contribution in [2.45, 2.75) is 6.61 Å². The Kier molecular flexibility index (Phi) is 6.86. The molecule has 0 aliphatic carbocycles. The lowest BCUT2D eigenvalue weighted by atomic mass is 10.0. The number of hydrogen-bond donors (Lipinski definition) is 0. The van der Waals surface area contributed by atoms with E-state index < -0.39 is 0 Å². The Morgan fingerprint density at radius 2 is 1.73 bits per heavy atom. The number of methoxy groups -OCH3 is 2. The van der Waals surface area contributed by atoms with E-state index in [2.05, 4.69) is 0 Å². The fourth-order valence-electron chi connectivity index (χ4n) is 2.87. The second-order valence-electron chi connectivity index (χ2n) is 6.42. The van der Waals surface area contributed by atoms with Crippen LogP contribution in [0.4, 0.5) is 0 Å². The van der Waals surface area contributed by atoms with Gasteiger partial charge in [-0.15, -0.1) is 0 Å². The number of carbonyl (C=O) groups is 1. The van der Waals surface area contributed by atoms with Gasteiger partial charge in [-0.25, -0.2) is 0 Å². The van der Waals surface area contributed by atoms with E-state index in [9.17, 15) is 10.1 Å². The van der Waals surface area contributed by atoms with E-state index in [1.165, 1.54) is 13.2 Å². The van der Waals surface area contributed by atoms with Gasteiger partial charge in [0.1, 0.15) is 24.0 Å². The predicted octanol–water partition coefficient (Wildman–Crippen LogP) is 5.07. The number of rotatable bonds is 8. The summed E-state index contributed by atoms with van der Waals surface area (Å²) in [5.74, 6) is 1.28. The maximum Gasteiger partial charge on any atom is 0.203 e. The van der Waals surface area contributed by atoms with E-state index in [4.69, 9.17) is 14.2 Å². The molecule has 5 nitrogen and oxygen atoms in total. The molecule has 0 aromatic heterocycles. The number of hydrogen-bond acceptors (Lipinski definition) is 5. The van der Waals surface area contributed by atoms with Crippen LogP contribution in [0.2, 0.25) is 0 Å². The van der Waals surface area contributed by atoms with Crippen LogP contribution in [-0.4, -0.2) is 20.0 Å². The average molecular weight is 399 g/mol. The monoisotopic (exact) mass is 399 g/mol. The van der Waals surface area contributed by atoms with Gasteiger partial charge in [0.25, 0.3) is 0 Å². The van der Waals surface area contributed by atoms with Crippen LogP contribution in [0.5, 0.6) is 17.2 Å². The van der Waals surface area contributed by atoms with Crippen molar-refractivity contribution in [1.82, 2.24) is 0 Å². The van der Waals surface area contributed by atoms with Crippen molar-refractivity contribution >= 4 is 11.9 Å². The molecule has 3 rings (SSSR count). The third kappa shape index (κ3) is 5.06. The molecule has 150 valence electrons. The Balaban J connectivity index is 1.87. The number of ketones is 1. The molecule has 3 aromatic carbocycles. The summed E-state index contributed by atoms with van der Waals surface area (Å²) in [5, 5.41) is 9.54. The molecule has 0 bridgehead atoms. The van der Waals surface area contributed by atoms with Crippen molar-refractivity contribution in [3.63, 3.8) is 0 Å². The molecule has 0 unspecified atom stereocenters. The van der Waals surface area contributed by atoms with Gasteiger partial charge in [0, 0.05) is 5.56 Å². The van der Waals surface area contributed by atoms with E-state index in [-0.39, 0.29) is 11.4 Å². The van der Waals surface area contributed by atoms with Gasteiger partial charge in [0.2, 0.25) is 5.78 Å². The van der Waals surface area contributed by atoms with Gasteiger partial charge in [-0.05, 0) is 41.5 Å². The summed E-state index contributed by atoms with van der Waals surface area (Å²) >= 11 is 0. The van der Waals surface area contributed by atoms with Crippen molar-refractivity contribution in [2.75, 3.05) is 14.2 Å². The number of Topliss-reactive ketones (excluding diaryl/α,β-unsaturated/α-hetero) is 1. The molecule has 0 saturated heterocycles. The minimum absolute atomic E-state index is 0.0161. The molecule has 5 heteroatoms. The highest BCUT2D eigenvalue weighted by molar-refractivity contribution is 6.14. The summed E-state index contributed by atoms with van der Waals surface area (Å²) in [6.07, 6.45) is 1.54. The SMILES string of the molecule is COc1cccc(C(=O)C(C#N)=Cc2ccc(OC)c(OCc3ccccc3)c2)c1. The summed E-state index contributed by atoms with van der Waals surface area (Å²) in [5.41, 5.74) is 2.08. The number of ether oxygens (including phenoxy) is 3. The molecule has 3 aromatic rings. The lowest BCUT2D eigenvalue weighted by molar-refractivity contribution is 0.103. The molecule has 0 saturated carbocycles. The minimum Gasteiger partial charge on any atom is -0.497 e. The Hall–Kier alpha value is -4.04. The molecule has 0 heterocycles. The molecule has 0 aliphatic heterocycles. The third-order valence-electron chi connectivity index (χ3n) is 4.43. The van der Waals surface area contributed by atoms with Crippen molar-refractivity contribution in [1.29, 1.82) is 5.26 Å². The molecule has 0 spiro atoms. The highest BCUT2D eigenvalue weighted by Crippen LogP contribution is 2.30. The van der Waals surface area contributed by atoms with Crippen LogP contribution in [0, 0.1) is 11.3 Å². The first-order valence-electron chi connectivity index (χ1n) is 9.30. The Morgan fingerprint density at radius 3 is 2.43 bits per heavy atom. The summed E-state index contributed by atoms with van der Waals surface area (Å²) < 4.78 is 16.4. The Labute approximate surface area is 175 Å². The van der Waals surface area contributed by atoms with Crippen LogP contribution in [-0.2, 0) is 6.61 Å². The zero-order chi connectivity index (χ0) is 21.3. The van der Waals surface area contributed by atoms with Gasteiger partial charge >= 0.3 is 0 Å². The van der Waals surface area contributed by atoms with Gasteiger partial charge < -0.3 is 14.2 Å². The van der Waals surface area contributed by atoms with Crippen LogP contribution in [0.1, 0.15) is 21.5 Å².